The molecule has 8 nitrogen and oxygen atoms in total. The fourth-order valence-corrected chi connectivity index (χ4v) is 3.25. The van der Waals surface area contributed by atoms with E-state index in [4.69, 9.17) is 11.6 Å². The Kier molecular flexibility index (Phi) is 13.8. The van der Waals surface area contributed by atoms with Gasteiger partial charge in [0.2, 0.25) is 0 Å². The molecule has 0 aliphatic heterocycles. The van der Waals surface area contributed by atoms with Gasteiger partial charge in [-0.05, 0) is 26.0 Å². The normalized spacial score (nSPS) is 11.2. The van der Waals surface area contributed by atoms with Crippen LogP contribution in [0.15, 0.2) is 29.4 Å². The van der Waals surface area contributed by atoms with E-state index in [2.05, 4.69) is 19.4 Å². The quantitative estimate of drug-likeness (QED) is 0.317. The Hall–Kier alpha value is -2.94. The molecular weight excluding hydrogens is 558 g/mol. The fraction of sp³-hybridized carbons (Fsp3) is 0.429. The topological polar surface area (TPSA) is 113 Å². The summed E-state index contributed by atoms with van der Waals surface area (Å²) in [6.07, 6.45) is -7.67. The lowest BCUT2D eigenvalue weighted by atomic mass is 10.2. The fourth-order valence-electron chi connectivity index (χ4n) is 2.18. The van der Waals surface area contributed by atoms with E-state index in [0.29, 0.717) is 30.8 Å². The number of hydrogen-bond acceptors (Lipinski definition) is 8. The van der Waals surface area contributed by atoms with Crippen molar-refractivity contribution in [2.75, 3.05) is 19.5 Å². The van der Waals surface area contributed by atoms with E-state index in [-0.39, 0.29) is 38.8 Å². The monoisotopic (exact) mass is 582 g/mol. The van der Waals surface area contributed by atoms with E-state index in [9.17, 15) is 44.3 Å². The molecule has 0 radical (unpaired) electrons. The van der Waals surface area contributed by atoms with Crippen LogP contribution >= 0.6 is 11.6 Å². The summed E-state index contributed by atoms with van der Waals surface area (Å²) < 4.78 is 106. The Morgan fingerprint density at radius 1 is 0.838 bits per heavy atom. The molecule has 37 heavy (non-hydrogen) atoms. The molecule has 0 aliphatic rings. The molecule has 2 heterocycles. The highest BCUT2D eigenvalue weighted by Crippen LogP contribution is 2.32. The molecule has 0 N–H and O–H groups in total. The number of halogens is 7. The van der Waals surface area contributed by atoms with Crippen LogP contribution in [0.4, 0.5) is 26.3 Å². The Balaban J connectivity index is 0. The molecule has 0 bridgehead atoms. The smallest absolute Gasteiger partial charge is 0.417 e. The standard InChI is InChI=1S/C10H10F3NO4S.C9H7ClF3NO2.2CH4/c1-3-18-9(15)8-7(19(2,16)17)4-6(5-14-8)10(11,12)13;1-2-16-8(15)7-6(10)3-5(4-14-7)9(11,12)13;;/h4-5H,3H2,1-2H3;3-4H,2H2,1H3;2*1H4. The van der Waals surface area contributed by atoms with Gasteiger partial charge in [0.25, 0.3) is 0 Å². The van der Waals surface area contributed by atoms with Gasteiger partial charge in [-0.2, -0.15) is 26.3 Å². The van der Waals surface area contributed by atoms with Gasteiger partial charge in [0.15, 0.2) is 21.2 Å². The molecular formula is C21H25ClF6N2O6S. The molecule has 0 amide bonds. The second kappa shape index (κ2) is 14.1. The number of sulfone groups is 1. The van der Waals surface area contributed by atoms with Crippen LogP contribution in [0.3, 0.4) is 0 Å². The lowest BCUT2D eigenvalue weighted by Crippen LogP contribution is -2.16. The molecule has 2 rings (SSSR count). The Morgan fingerprint density at radius 2 is 1.22 bits per heavy atom. The summed E-state index contributed by atoms with van der Waals surface area (Å²) in [5.41, 5.74) is -3.24. The molecule has 0 fully saturated rings. The van der Waals surface area contributed by atoms with Crippen LogP contribution in [0.5, 0.6) is 0 Å². The average Bonchev–Trinajstić information content (AvgIpc) is 2.72. The maximum absolute atomic E-state index is 12.5. The third-order valence-corrected chi connectivity index (χ3v) is 5.08. The summed E-state index contributed by atoms with van der Waals surface area (Å²) >= 11 is 5.50. The van der Waals surface area contributed by atoms with E-state index in [1.54, 1.807) is 6.92 Å². The summed E-state index contributed by atoms with van der Waals surface area (Å²) in [5.74, 6) is -1.93. The summed E-state index contributed by atoms with van der Waals surface area (Å²) in [5, 5.41) is -0.381. The second-order valence-electron chi connectivity index (χ2n) is 6.33. The molecule has 210 valence electrons. The number of pyridine rings is 2. The molecule has 0 aliphatic carbocycles. The van der Waals surface area contributed by atoms with Crippen molar-refractivity contribution in [1.82, 2.24) is 9.97 Å². The maximum Gasteiger partial charge on any atom is 0.417 e. The summed E-state index contributed by atoms with van der Waals surface area (Å²) in [7, 11) is -4.04. The van der Waals surface area contributed by atoms with Crippen LogP contribution in [0, 0.1) is 0 Å². The number of alkyl halides is 6. The van der Waals surface area contributed by atoms with Crippen LogP contribution in [0.25, 0.3) is 0 Å². The molecule has 0 aromatic carbocycles. The third-order valence-electron chi connectivity index (χ3n) is 3.69. The molecule has 0 saturated carbocycles. The zero-order valence-corrected chi connectivity index (χ0v) is 19.7. The number of rotatable bonds is 5. The number of carbonyl (C=O) groups is 2. The van der Waals surface area contributed by atoms with Crippen molar-refractivity contribution >= 4 is 33.4 Å². The first kappa shape index (κ1) is 36.2. The van der Waals surface area contributed by atoms with Crippen molar-refractivity contribution < 1.29 is 53.8 Å². The molecule has 2 aromatic heterocycles. The molecule has 0 spiro atoms. The van der Waals surface area contributed by atoms with Crippen molar-refractivity contribution in [1.29, 1.82) is 0 Å². The highest BCUT2D eigenvalue weighted by molar-refractivity contribution is 7.90. The van der Waals surface area contributed by atoms with Crippen molar-refractivity contribution in [3.63, 3.8) is 0 Å². The Labute approximate surface area is 214 Å². The van der Waals surface area contributed by atoms with Crippen LogP contribution in [0.1, 0.15) is 60.8 Å². The second-order valence-corrected chi connectivity index (χ2v) is 8.73. The van der Waals surface area contributed by atoms with Crippen molar-refractivity contribution in [3.05, 3.63) is 52.1 Å². The first-order valence-corrected chi connectivity index (χ1v) is 11.5. The van der Waals surface area contributed by atoms with Gasteiger partial charge in [-0.25, -0.2) is 28.0 Å². The van der Waals surface area contributed by atoms with Gasteiger partial charge in [0.1, 0.15) is 4.90 Å². The first-order valence-electron chi connectivity index (χ1n) is 9.27. The largest absolute Gasteiger partial charge is 0.461 e. The van der Waals surface area contributed by atoms with E-state index in [1.807, 2.05) is 0 Å². The van der Waals surface area contributed by atoms with Gasteiger partial charge in [-0.15, -0.1) is 0 Å². The third kappa shape index (κ3) is 10.5. The van der Waals surface area contributed by atoms with Crippen LogP contribution in [-0.2, 0) is 31.7 Å². The van der Waals surface area contributed by atoms with E-state index in [0.717, 1.165) is 0 Å². The average molecular weight is 583 g/mol. The van der Waals surface area contributed by atoms with Crippen LogP contribution in [-0.4, -0.2) is 49.8 Å². The number of nitrogens with zero attached hydrogens (tertiary/aromatic N) is 2. The van der Waals surface area contributed by atoms with E-state index >= 15 is 0 Å². The van der Waals surface area contributed by atoms with Crippen LogP contribution in [0.2, 0.25) is 5.02 Å². The van der Waals surface area contributed by atoms with Crippen molar-refractivity contribution in [3.8, 4) is 0 Å². The number of aromatic nitrogens is 2. The number of esters is 2. The van der Waals surface area contributed by atoms with Crippen molar-refractivity contribution in [2.45, 2.75) is 45.9 Å². The molecule has 0 atom stereocenters. The Morgan fingerprint density at radius 3 is 1.57 bits per heavy atom. The maximum atomic E-state index is 12.5. The predicted molar refractivity (Wildman–Crippen MR) is 122 cm³/mol. The zero-order chi connectivity index (χ0) is 27.2. The van der Waals surface area contributed by atoms with Gasteiger partial charge in [0.05, 0.1) is 29.4 Å². The Bertz CT molecular complexity index is 1190. The van der Waals surface area contributed by atoms with Gasteiger partial charge < -0.3 is 9.47 Å². The highest BCUT2D eigenvalue weighted by Gasteiger charge is 2.34. The van der Waals surface area contributed by atoms with Crippen LogP contribution < -0.4 is 0 Å². The minimum Gasteiger partial charge on any atom is -0.461 e. The number of carbonyl (C=O) groups excluding carboxylic acids is 2. The summed E-state index contributed by atoms with van der Waals surface area (Å²) in [6, 6.07) is 1.01. The number of hydrogen-bond donors (Lipinski definition) is 0. The van der Waals surface area contributed by atoms with Gasteiger partial charge in [-0.3, -0.25) is 0 Å². The summed E-state index contributed by atoms with van der Waals surface area (Å²) in [6.45, 7) is 3.08. The lowest BCUT2D eigenvalue weighted by molar-refractivity contribution is -0.138. The minimum atomic E-state index is -4.75. The lowest BCUT2D eigenvalue weighted by Gasteiger charge is -2.10. The number of ether oxygens (including phenoxy) is 2. The van der Waals surface area contributed by atoms with Crippen molar-refractivity contribution in [2.24, 2.45) is 0 Å². The minimum absolute atomic E-state index is 0. The highest BCUT2D eigenvalue weighted by atomic mass is 35.5. The van der Waals surface area contributed by atoms with Gasteiger partial charge in [-0.1, -0.05) is 26.5 Å². The SMILES string of the molecule is C.C.CCOC(=O)c1ncc(C(F)(F)F)cc1Cl.CCOC(=O)c1ncc(C(F)(F)F)cc1S(C)(=O)=O. The zero-order valence-electron chi connectivity index (χ0n) is 18.1. The van der Waals surface area contributed by atoms with E-state index < -0.39 is 55.8 Å². The molecule has 16 heteroatoms. The molecule has 0 saturated heterocycles. The van der Waals surface area contributed by atoms with Gasteiger partial charge >= 0.3 is 24.3 Å². The first-order chi connectivity index (χ1) is 15.9. The molecule has 2 aromatic rings. The molecule has 0 unspecified atom stereocenters. The van der Waals surface area contributed by atoms with Gasteiger partial charge in [0, 0.05) is 18.6 Å². The summed E-state index contributed by atoms with van der Waals surface area (Å²) in [4.78, 5) is 28.4. The predicted octanol–water partition coefficient (Wildman–Crippen LogP) is 5.88. The van der Waals surface area contributed by atoms with E-state index in [1.165, 1.54) is 6.92 Å².